The van der Waals surface area contributed by atoms with Gasteiger partial charge in [-0.15, -0.1) is 0 Å². The fourth-order valence-corrected chi connectivity index (χ4v) is 4.19. The molecule has 6 nitrogen and oxygen atoms in total. The minimum absolute atomic E-state index is 0.118. The topological polar surface area (TPSA) is 63.6 Å². The highest BCUT2D eigenvalue weighted by Crippen LogP contribution is 2.42. The summed E-state index contributed by atoms with van der Waals surface area (Å²) in [4.78, 5) is 27.8. The number of benzene rings is 2. The van der Waals surface area contributed by atoms with Crippen LogP contribution in [0.3, 0.4) is 0 Å². The fourth-order valence-electron chi connectivity index (χ4n) is 4.19. The SMILES string of the molecule is COCCNC(=O)[C@H](C)N1C(=O)c2ccccc2[C@H]1c1cn(C)c2ccccc12. The molecule has 1 aliphatic heterocycles. The molecule has 0 saturated carbocycles. The van der Waals surface area contributed by atoms with E-state index in [9.17, 15) is 9.59 Å². The summed E-state index contributed by atoms with van der Waals surface area (Å²) in [6.45, 7) is 2.62. The molecule has 0 radical (unpaired) electrons. The average molecular weight is 391 g/mol. The van der Waals surface area contributed by atoms with Crippen molar-refractivity contribution in [1.82, 2.24) is 14.8 Å². The van der Waals surface area contributed by atoms with Crippen molar-refractivity contribution >= 4 is 22.7 Å². The molecule has 0 aliphatic carbocycles. The first kappa shape index (κ1) is 19.2. The standard InChI is InChI=1S/C23H25N3O3/c1-15(22(27)24-12-13-29-3)26-21(17-9-4-5-10-18(17)23(26)28)19-14-25(2)20-11-7-6-8-16(19)20/h4-11,14-15,21H,12-13H2,1-3H3,(H,24,27)/t15-,21-/m0/s1. The van der Waals surface area contributed by atoms with E-state index in [2.05, 4.69) is 28.2 Å². The van der Waals surface area contributed by atoms with E-state index in [-0.39, 0.29) is 17.9 Å². The molecule has 29 heavy (non-hydrogen) atoms. The van der Waals surface area contributed by atoms with E-state index >= 15 is 0 Å². The summed E-state index contributed by atoms with van der Waals surface area (Å²) in [6.07, 6.45) is 2.06. The van der Waals surface area contributed by atoms with Gasteiger partial charge in [-0.2, -0.15) is 0 Å². The molecule has 0 saturated heterocycles. The van der Waals surface area contributed by atoms with Crippen molar-refractivity contribution in [3.63, 3.8) is 0 Å². The van der Waals surface area contributed by atoms with Gasteiger partial charge in [-0.25, -0.2) is 0 Å². The van der Waals surface area contributed by atoms with Gasteiger partial charge in [0.1, 0.15) is 6.04 Å². The van der Waals surface area contributed by atoms with Crippen LogP contribution < -0.4 is 5.32 Å². The second-order valence-electron chi connectivity index (χ2n) is 7.37. The van der Waals surface area contributed by atoms with Crippen LogP contribution in [-0.4, -0.2) is 47.6 Å². The lowest BCUT2D eigenvalue weighted by Gasteiger charge is -2.30. The Kier molecular flexibility index (Phi) is 5.11. The van der Waals surface area contributed by atoms with Crippen molar-refractivity contribution in [3.8, 4) is 0 Å². The maximum atomic E-state index is 13.3. The molecule has 2 atom stereocenters. The number of nitrogens with zero attached hydrogens (tertiary/aromatic N) is 2. The number of aryl methyl sites for hydroxylation is 1. The average Bonchev–Trinajstić information content (AvgIpc) is 3.22. The third-order valence-electron chi connectivity index (χ3n) is 5.62. The molecule has 2 amide bonds. The molecule has 1 aliphatic rings. The Balaban J connectivity index is 1.80. The molecular formula is C23H25N3O3. The zero-order valence-electron chi connectivity index (χ0n) is 16.9. The van der Waals surface area contributed by atoms with Crippen LogP contribution in [0, 0.1) is 0 Å². The Morgan fingerprint density at radius 1 is 1.14 bits per heavy atom. The highest BCUT2D eigenvalue weighted by atomic mass is 16.5. The Hall–Kier alpha value is -3.12. The summed E-state index contributed by atoms with van der Waals surface area (Å²) in [5.74, 6) is -0.304. The first-order chi connectivity index (χ1) is 14.0. The van der Waals surface area contributed by atoms with Crippen LogP contribution >= 0.6 is 0 Å². The van der Waals surface area contributed by atoms with Gasteiger partial charge in [-0.1, -0.05) is 36.4 Å². The molecule has 4 rings (SSSR count). The highest BCUT2D eigenvalue weighted by Gasteiger charge is 2.43. The van der Waals surface area contributed by atoms with Crippen LogP contribution in [0.15, 0.2) is 54.7 Å². The number of para-hydroxylation sites is 1. The van der Waals surface area contributed by atoms with Crippen LogP contribution in [0.5, 0.6) is 0 Å². The lowest BCUT2D eigenvalue weighted by atomic mass is 9.97. The summed E-state index contributed by atoms with van der Waals surface area (Å²) in [5, 5.41) is 3.94. The van der Waals surface area contributed by atoms with Crippen molar-refractivity contribution in [2.75, 3.05) is 20.3 Å². The smallest absolute Gasteiger partial charge is 0.255 e. The Labute approximate surface area is 170 Å². The highest BCUT2D eigenvalue weighted by molar-refractivity contribution is 6.03. The van der Waals surface area contributed by atoms with E-state index in [1.807, 2.05) is 43.4 Å². The van der Waals surface area contributed by atoms with Crippen molar-refractivity contribution in [1.29, 1.82) is 0 Å². The van der Waals surface area contributed by atoms with Gasteiger partial charge in [0.2, 0.25) is 5.91 Å². The minimum atomic E-state index is -0.615. The normalized spacial score (nSPS) is 16.9. The van der Waals surface area contributed by atoms with E-state index in [0.29, 0.717) is 18.7 Å². The molecular weight excluding hydrogens is 366 g/mol. The molecule has 0 unspecified atom stereocenters. The zero-order valence-corrected chi connectivity index (χ0v) is 16.9. The molecule has 150 valence electrons. The number of methoxy groups -OCH3 is 1. The third kappa shape index (κ3) is 3.19. The monoisotopic (exact) mass is 391 g/mol. The zero-order chi connectivity index (χ0) is 20.5. The number of hydrogen-bond acceptors (Lipinski definition) is 3. The number of aromatic nitrogens is 1. The largest absolute Gasteiger partial charge is 0.383 e. The van der Waals surface area contributed by atoms with Crippen molar-refractivity contribution < 1.29 is 14.3 Å². The Morgan fingerprint density at radius 2 is 1.86 bits per heavy atom. The van der Waals surface area contributed by atoms with Crippen LogP contribution in [0.1, 0.15) is 34.5 Å². The van der Waals surface area contributed by atoms with Gasteiger partial charge in [-0.05, 0) is 24.6 Å². The second kappa shape index (κ2) is 7.72. The van der Waals surface area contributed by atoms with Gasteiger partial charge >= 0.3 is 0 Å². The summed E-state index contributed by atoms with van der Waals surface area (Å²) in [5.41, 5.74) is 3.71. The van der Waals surface area contributed by atoms with E-state index in [0.717, 1.165) is 22.0 Å². The molecule has 0 fully saturated rings. The maximum Gasteiger partial charge on any atom is 0.255 e. The van der Waals surface area contributed by atoms with Gasteiger partial charge in [-0.3, -0.25) is 9.59 Å². The van der Waals surface area contributed by atoms with Crippen LogP contribution in [0.4, 0.5) is 0 Å². The summed E-state index contributed by atoms with van der Waals surface area (Å²) in [7, 11) is 3.59. The molecule has 6 heteroatoms. The number of hydrogen-bond donors (Lipinski definition) is 1. The van der Waals surface area contributed by atoms with Crippen molar-refractivity contribution in [3.05, 3.63) is 71.4 Å². The second-order valence-corrected chi connectivity index (χ2v) is 7.37. The van der Waals surface area contributed by atoms with E-state index in [1.165, 1.54) is 0 Å². The van der Waals surface area contributed by atoms with Gasteiger partial charge < -0.3 is 19.5 Å². The van der Waals surface area contributed by atoms with Crippen LogP contribution in [0.25, 0.3) is 10.9 Å². The van der Waals surface area contributed by atoms with Gasteiger partial charge in [0, 0.05) is 48.9 Å². The lowest BCUT2D eigenvalue weighted by Crippen LogP contribution is -2.47. The number of amides is 2. The maximum absolute atomic E-state index is 13.3. The van der Waals surface area contributed by atoms with E-state index < -0.39 is 6.04 Å². The van der Waals surface area contributed by atoms with Crippen molar-refractivity contribution in [2.45, 2.75) is 19.0 Å². The minimum Gasteiger partial charge on any atom is -0.383 e. The first-order valence-electron chi connectivity index (χ1n) is 9.76. The quantitative estimate of drug-likeness (QED) is 0.657. The summed E-state index contributed by atoms with van der Waals surface area (Å²) < 4.78 is 7.08. The van der Waals surface area contributed by atoms with Gasteiger partial charge in [0.05, 0.1) is 12.6 Å². The molecule has 0 bridgehead atoms. The third-order valence-corrected chi connectivity index (χ3v) is 5.62. The van der Waals surface area contributed by atoms with Gasteiger partial charge in [0.25, 0.3) is 5.91 Å². The molecule has 2 heterocycles. The number of carbonyl (C=O) groups excluding carboxylic acids is 2. The number of carbonyl (C=O) groups is 2. The Morgan fingerprint density at radius 3 is 2.66 bits per heavy atom. The number of nitrogens with one attached hydrogen (secondary N) is 1. The molecule has 3 aromatic rings. The molecule has 2 aromatic carbocycles. The lowest BCUT2D eigenvalue weighted by molar-refractivity contribution is -0.125. The first-order valence-corrected chi connectivity index (χ1v) is 9.76. The van der Waals surface area contributed by atoms with E-state index in [4.69, 9.17) is 4.74 Å². The fraction of sp³-hybridized carbons (Fsp3) is 0.304. The number of rotatable bonds is 6. The number of ether oxygens (including phenoxy) is 1. The Bertz CT molecular complexity index is 1070. The molecule has 1 aromatic heterocycles. The predicted molar refractivity (Wildman–Crippen MR) is 112 cm³/mol. The van der Waals surface area contributed by atoms with Gasteiger partial charge in [0.15, 0.2) is 0 Å². The van der Waals surface area contributed by atoms with Crippen LogP contribution in [0.2, 0.25) is 0 Å². The molecule has 0 spiro atoms. The van der Waals surface area contributed by atoms with Crippen molar-refractivity contribution in [2.24, 2.45) is 7.05 Å². The summed E-state index contributed by atoms with van der Waals surface area (Å²) >= 11 is 0. The number of fused-ring (bicyclic) bond motifs is 2. The van der Waals surface area contributed by atoms with Crippen LogP contribution in [-0.2, 0) is 16.6 Å². The van der Waals surface area contributed by atoms with E-state index in [1.54, 1.807) is 18.9 Å². The summed E-state index contributed by atoms with van der Waals surface area (Å²) in [6, 6.07) is 14.8. The molecule has 1 N–H and O–H groups in total. The predicted octanol–water partition coefficient (Wildman–Crippen LogP) is 2.87.